The zero-order valence-corrected chi connectivity index (χ0v) is 13.3. The molecule has 6 heteroatoms. The number of H-pyrrole nitrogens is 1. The third-order valence-corrected chi connectivity index (χ3v) is 3.67. The molecule has 1 heterocycles. The maximum atomic E-state index is 6.04. The van der Waals surface area contributed by atoms with Crippen molar-refractivity contribution in [2.24, 2.45) is 0 Å². The maximum Gasteiger partial charge on any atom is 0.181 e. The number of nitrogens with zero attached hydrogens (tertiary/aromatic N) is 2. The van der Waals surface area contributed by atoms with E-state index in [1.54, 1.807) is 0 Å². The molecular weight excluding hydrogens is 352 g/mol. The highest BCUT2D eigenvalue weighted by Gasteiger charge is 2.07. The molecule has 0 fully saturated rings. The van der Waals surface area contributed by atoms with Gasteiger partial charge in [0.2, 0.25) is 0 Å². The molecule has 3 rings (SSSR count). The lowest BCUT2D eigenvalue weighted by Gasteiger charge is -2.00. The number of anilines is 1. The summed E-state index contributed by atoms with van der Waals surface area (Å²) in [5.74, 6) is 1.45. The smallest absolute Gasteiger partial charge is 0.181 e. The van der Waals surface area contributed by atoms with Gasteiger partial charge in [-0.3, -0.25) is 5.10 Å². The summed E-state index contributed by atoms with van der Waals surface area (Å²) in [5.41, 5.74) is 8.39. The van der Waals surface area contributed by atoms with Crippen LogP contribution in [0.3, 0.4) is 0 Å². The Labute approximate surface area is 135 Å². The Hall–Kier alpha value is -1.85. The van der Waals surface area contributed by atoms with E-state index in [4.69, 9.17) is 17.3 Å². The van der Waals surface area contributed by atoms with Gasteiger partial charge in [-0.25, -0.2) is 4.98 Å². The molecule has 0 radical (unpaired) electrons. The van der Waals surface area contributed by atoms with E-state index in [0.717, 1.165) is 27.1 Å². The van der Waals surface area contributed by atoms with Gasteiger partial charge in [0.05, 0.1) is 0 Å². The summed E-state index contributed by atoms with van der Waals surface area (Å²) in [6.07, 6.45) is 0.640. The van der Waals surface area contributed by atoms with Crippen LogP contribution in [-0.4, -0.2) is 15.2 Å². The lowest BCUT2D eigenvalue weighted by atomic mass is 10.1. The monoisotopic (exact) mass is 362 g/mol. The number of nitrogens with one attached hydrogen (secondary N) is 1. The molecule has 1 aromatic heterocycles. The Morgan fingerprint density at radius 3 is 2.62 bits per heavy atom. The van der Waals surface area contributed by atoms with Crippen molar-refractivity contribution in [3.63, 3.8) is 0 Å². The van der Waals surface area contributed by atoms with Crippen LogP contribution < -0.4 is 5.73 Å². The van der Waals surface area contributed by atoms with Crippen molar-refractivity contribution >= 4 is 33.2 Å². The number of hydrogen-bond acceptors (Lipinski definition) is 3. The summed E-state index contributed by atoms with van der Waals surface area (Å²) in [6.45, 7) is 0. The molecule has 106 valence electrons. The third kappa shape index (κ3) is 3.43. The molecule has 0 atom stereocenters. The van der Waals surface area contributed by atoms with E-state index in [9.17, 15) is 0 Å². The number of nitrogens with two attached hydrogens (primary N) is 1. The summed E-state index contributed by atoms with van der Waals surface area (Å²) in [4.78, 5) is 4.50. The molecule has 0 amide bonds. The number of rotatable bonds is 3. The fourth-order valence-electron chi connectivity index (χ4n) is 2.04. The highest BCUT2D eigenvalue weighted by Crippen LogP contribution is 2.22. The van der Waals surface area contributed by atoms with Gasteiger partial charge >= 0.3 is 0 Å². The first-order valence-corrected chi connectivity index (χ1v) is 7.49. The topological polar surface area (TPSA) is 67.6 Å². The van der Waals surface area contributed by atoms with Crippen LogP contribution in [0, 0.1) is 0 Å². The van der Waals surface area contributed by atoms with Gasteiger partial charge in [-0.1, -0.05) is 27.5 Å². The normalized spacial score (nSPS) is 10.8. The van der Waals surface area contributed by atoms with Gasteiger partial charge in [-0.15, -0.1) is 0 Å². The average molecular weight is 364 g/mol. The molecule has 3 aromatic rings. The van der Waals surface area contributed by atoms with Crippen molar-refractivity contribution < 1.29 is 0 Å². The van der Waals surface area contributed by atoms with Gasteiger partial charge in [0, 0.05) is 27.2 Å². The van der Waals surface area contributed by atoms with E-state index in [0.29, 0.717) is 17.3 Å². The van der Waals surface area contributed by atoms with Crippen LogP contribution in [0.4, 0.5) is 5.69 Å². The van der Waals surface area contributed by atoms with Crippen LogP contribution in [0.25, 0.3) is 11.4 Å². The zero-order chi connectivity index (χ0) is 14.8. The van der Waals surface area contributed by atoms with Gasteiger partial charge in [0.15, 0.2) is 5.82 Å². The molecule has 3 N–H and O–H groups in total. The fourth-order valence-corrected chi connectivity index (χ4v) is 2.97. The standard InChI is InChI=1S/C15H12BrClN4/c16-11-5-9(6-12(17)8-11)7-14-19-15(21-20-14)10-1-3-13(18)4-2-10/h1-6,8H,7,18H2,(H,19,20,21). The summed E-state index contributed by atoms with van der Waals surface area (Å²) in [5, 5.41) is 7.88. The fraction of sp³-hybridized carbons (Fsp3) is 0.0667. The van der Waals surface area contributed by atoms with Gasteiger partial charge in [0.25, 0.3) is 0 Å². The first kappa shape index (κ1) is 14.1. The molecule has 0 aliphatic rings. The molecule has 0 unspecified atom stereocenters. The van der Waals surface area contributed by atoms with Gasteiger partial charge in [-0.05, 0) is 48.0 Å². The van der Waals surface area contributed by atoms with Crippen molar-refractivity contribution in [1.82, 2.24) is 15.2 Å². The number of nitrogen functional groups attached to an aromatic ring is 1. The van der Waals surface area contributed by atoms with E-state index >= 15 is 0 Å². The van der Waals surface area contributed by atoms with Crippen LogP contribution in [0.5, 0.6) is 0 Å². The molecule has 0 aliphatic heterocycles. The van der Waals surface area contributed by atoms with Crippen molar-refractivity contribution in [3.05, 3.63) is 63.3 Å². The molecule has 2 aromatic carbocycles. The van der Waals surface area contributed by atoms with Crippen LogP contribution in [0.1, 0.15) is 11.4 Å². The highest BCUT2D eigenvalue weighted by atomic mass is 79.9. The van der Waals surface area contributed by atoms with Crippen LogP contribution in [-0.2, 0) is 6.42 Å². The Morgan fingerprint density at radius 1 is 1.14 bits per heavy atom. The Morgan fingerprint density at radius 2 is 1.90 bits per heavy atom. The summed E-state index contributed by atoms with van der Waals surface area (Å²) in [7, 11) is 0. The summed E-state index contributed by atoms with van der Waals surface area (Å²) >= 11 is 9.48. The quantitative estimate of drug-likeness (QED) is 0.690. The summed E-state index contributed by atoms with van der Waals surface area (Å²) < 4.78 is 0.947. The van der Waals surface area contributed by atoms with E-state index in [2.05, 4.69) is 31.1 Å². The van der Waals surface area contributed by atoms with E-state index in [1.807, 2.05) is 42.5 Å². The molecule has 4 nitrogen and oxygen atoms in total. The largest absolute Gasteiger partial charge is 0.399 e. The Kier molecular flexibility index (Phi) is 3.94. The Balaban J connectivity index is 1.83. The second kappa shape index (κ2) is 5.87. The number of aromatic amines is 1. The number of hydrogen-bond donors (Lipinski definition) is 2. The molecule has 0 spiro atoms. The molecule has 0 aliphatic carbocycles. The van der Waals surface area contributed by atoms with E-state index in [1.165, 1.54) is 0 Å². The summed E-state index contributed by atoms with van der Waals surface area (Å²) in [6, 6.07) is 13.2. The van der Waals surface area contributed by atoms with Crippen LogP contribution in [0.15, 0.2) is 46.9 Å². The van der Waals surface area contributed by atoms with Crippen molar-refractivity contribution in [3.8, 4) is 11.4 Å². The minimum absolute atomic E-state index is 0.640. The van der Waals surface area contributed by atoms with Crippen molar-refractivity contribution in [2.45, 2.75) is 6.42 Å². The Bertz CT molecular complexity index is 747. The van der Waals surface area contributed by atoms with Crippen molar-refractivity contribution in [1.29, 1.82) is 0 Å². The minimum Gasteiger partial charge on any atom is -0.399 e. The van der Waals surface area contributed by atoms with Gasteiger partial charge in [0.1, 0.15) is 5.82 Å². The second-order valence-electron chi connectivity index (χ2n) is 4.68. The van der Waals surface area contributed by atoms with E-state index in [-0.39, 0.29) is 0 Å². The van der Waals surface area contributed by atoms with E-state index < -0.39 is 0 Å². The predicted molar refractivity (Wildman–Crippen MR) is 88.2 cm³/mol. The number of aromatic nitrogens is 3. The number of benzene rings is 2. The molecule has 0 saturated carbocycles. The number of halogens is 2. The maximum absolute atomic E-state index is 6.04. The van der Waals surface area contributed by atoms with Crippen LogP contribution in [0.2, 0.25) is 5.02 Å². The molecular formula is C15H12BrClN4. The van der Waals surface area contributed by atoms with Gasteiger partial charge in [-0.2, -0.15) is 5.10 Å². The first-order valence-electron chi connectivity index (χ1n) is 6.32. The minimum atomic E-state index is 0.640. The molecule has 21 heavy (non-hydrogen) atoms. The van der Waals surface area contributed by atoms with Gasteiger partial charge < -0.3 is 5.73 Å². The third-order valence-electron chi connectivity index (χ3n) is 2.99. The molecule has 0 bridgehead atoms. The highest BCUT2D eigenvalue weighted by molar-refractivity contribution is 9.10. The molecule has 0 saturated heterocycles. The SMILES string of the molecule is Nc1ccc(-c2n[nH]c(Cc3cc(Cl)cc(Br)c3)n2)cc1. The lowest BCUT2D eigenvalue weighted by molar-refractivity contribution is 0.972. The van der Waals surface area contributed by atoms with Crippen LogP contribution >= 0.6 is 27.5 Å². The average Bonchev–Trinajstić information content (AvgIpc) is 2.87. The van der Waals surface area contributed by atoms with Crippen molar-refractivity contribution in [2.75, 3.05) is 5.73 Å². The lowest BCUT2D eigenvalue weighted by Crippen LogP contribution is -1.91. The predicted octanol–water partition coefficient (Wildman–Crippen LogP) is 4.06. The zero-order valence-electron chi connectivity index (χ0n) is 11.0. The first-order chi connectivity index (χ1) is 10.1. The second-order valence-corrected chi connectivity index (χ2v) is 6.03.